The Labute approximate surface area is 180 Å². The average Bonchev–Trinajstić information content (AvgIpc) is 3.11. The number of aromatic hydroxyl groups is 1. The van der Waals surface area contributed by atoms with E-state index >= 15 is 0 Å². The maximum atomic E-state index is 11.0. The van der Waals surface area contributed by atoms with Gasteiger partial charge >= 0.3 is 5.69 Å². The number of halogens is 1. The van der Waals surface area contributed by atoms with E-state index in [1.165, 1.54) is 12.3 Å². The van der Waals surface area contributed by atoms with E-state index in [0.29, 0.717) is 16.1 Å². The molecule has 0 amide bonds. The summed E-state index contributed by atoms with van der Waals surface area (Å²) < 4.78 is 6.35. The quantitative estimate of drug-likeness (QED) is 0.218. The molecule has 150 valence electrons. The molecule has 7 nitrogen and oxygen atoms in total. The SMILES string of the molecule is Cc1cc2nc(-c3ccc(N=Cc4cc(Br)cc([N+](=O)[O-])c4O)cc3)oc2cc1C. The number of fused-ring (bicyclic) bond motifs is 1. The highest BCUT2D eigenvalue weighted by atomic mass is 79.9. The molecule has 4 aromatic rings. The van der Waals surface area contributed by atoms with Crippen LogP contribution in [0.4, 0.5) is 11.4 Å². The Kier molecular flexibility index (Phi) is 5.09. The number of benzene rings is 3. The summed E-state index contributed by atoms with van der Waals surface area (Å²) in [6.45, 7) is 4.06. The number of nitro benzene ring substituents is 1. The number of aryl methyl sites for hydroxylation is 2. The number of hydrogen-bond acceptors (Lipinski definition) is 6. The van der Waals surface area contributed by atoms with Gasteiger partial charge in [-0.05, 0) is 67.4 Å². The van der Waals surface area contributed by atoms with Crippen molar-refractivity contribution in [3.05, 3.63) is 79.8 Å². The molecule has 0 aliphatic heterocycles. The van der Waals surface area contributed by atoms with Crippen LogP contribution in [-0.2, 0) is 0 Å². The molecule has 1 aromatic heterocycles. The van der Waals surface area contributed by atoms with Crippen molar-refractivity contribution < 1.29 is 14.4 Å². The molecule has 1 N–H and O–H groups in total. The van der Waals surface area contributed by atoms with Gasteiger partial charge in [0.05, 0.1) is 10.6 Å². The molecule has 30 heavy (non-hydrogen) atoms. The van der Waals surface area contributed by atoms with Gasteiger partial charge in [0, 0.05) is 27.9 Å². The average molecular weight is 466 g/mol. The Bertz CT molecular complexity index is 1270. The van der Waals surface area contributed by atoms with Crippen LogP contribution in [0.15, 0.2) is 62.4 Å². The van der Waals surface area contributed by atoms with Crippen molar-refractivity contribution in [1.82, 2.24) is 4.98 Å². The van der Waals surface area contributed by atoms with E-state index < -0.39 is 10.7 Å². The van der Waals surface area contributed by atoms with Gasteiger partial charge in [-0.25, -0.2) is 4.98 Å². The predicted octanol–water partition coefficient (Wildman–Crippen LogP) is 6.24. The largest absolute Gasteiger partial charge is 0.502 e. The number of rotatable bonds is 4. The molecule has 0 saturated heterocycles. The molecule has 0 atom stereocenters. The smallest absolute Gasteiger partial charge is 0.312 e. The van der Waals surface area contributed by atoms with E-state index in [1.807, 2.05) is 38.1 Å². The van der Waals surface area contributed by atoms with E-state index in [0.717, 1.165) is 27.8 Å². The first-order chi connectivity index (χ1) is 14.3. The molecule has 0 spiro atoms. The maximum absolute atomic E-state index is 11.0. The first-order valence-electron chi connectivity index (χ1n) is 9.01. The zero-order valence-electron chi connectivity index (χ0n) is 16.1. The molecule has 1 heterocycles. The topological polar surface area (TPSA) is 102 Å². The Hall–Kier alpha value is -3.52. The minimum absolute atomic E-state index is 0.241. The van der Waals surface area contributed by atoms with Crippen molar-refractivity contribution in [2.45, 2.75) is 13.8 Å². The number of nitrogens with zero attached hydrogens (tertiary/aromatic N) is 3. The van der Waals surface area contributed by atoms with Gasteiger partial charge in [0.1, 0.15) is 5.52 Å². The number of oxazole rings is 1. The molecule has 0 fully saturated rings. The second kappa shape index (κ2) is 7.72. The lowest BCUT2D eigenvalue weighted by Gasteiger charge is -2.02. The molecule has 0 unspecified atom stereocenters. The van der Waals surface area contributed by atoms with Crippen LogP contribution in [0.25, 0.3) is 22.6 Å². The Morgan fingerprint density at radius 2 is 1.83 bits per heavy atom. The van der Waals surface area contributed by atoms with Crippen LogP contribution >= 0.6 is 15.9 Å². The number of aromatic nitrogens is 1. The van der Waals surface area contributed by atoms with Crippen LogP contribution in [0.1, 0.15) is 16.7 Å². The lowest BCUT2D eigenvalue weighted by molar-refractivity contribution is -0.385. The summed E-state index contributed by atoms with van der Waals surface area (Å²) in [4.78, 5) is 19.2. The third-order valence-corrected chi connectivity index (χ3v) is 5.21. The normalized spacial score (nSPS) is 11.4. The Morgan fingerprint density at radius 3 is 2.53 bits per heavy atom. The summed E-state index contributed by atoms with van der Waals surface area (Å²) in [7, 11) is 0. The highest BCUT2D eigenvalue weighted by Gasteiger charge is 2.17. The summed E-state index contributed by atoms with van der Waals surface area (Å²) >= 11 is 3.21. The van der Waals surface area contributed by atoms with Crippen molar-refractivity contribution in [2.24, 2.45) is 4.99 Å². The lowest BCUT2D eigenvalue weighted by Crippen LogP contribution is -1.92. The van der Waals surface area contributed by atoms with E-state index in [4.69, 9.17) is 4.42 Å². The van der Waals surface area contributed by atoms with Crippen molar-refractivity contribution in [2.75, 3.05) is 0 Å². The first-order valence-corrected chi connectivity index (χ1v) is 9.80. The van der Waals surface area contributed by atoms with E-state index in [1.54, 1.807) is 18.2 Å². The number of phenols is 1. The number of aliphatic imine (C=N–C) groups is 1. The summed E-state index contributed by atoms with van der Waals surface area (Å²) in [5.41, 5.74) is 5.12. The second-order valence-electron chi connectivity index (χ2n) is 6.85. The highest BCUT2D eigenvalue weighted by molar-refractivity contribution is 9.10. The molecular formula is C22H16BrN3O4. The number of nitro groups is 1. The molecule has 0 aliphatic rings. The molecule has 4 rings (SSSR count). The highest BCUT2D eigenvalue weighted by Crippen LogP contribution is 2.33. The third kappa shape index (κ3) is 3.81. The van der Waals surface area contributed by atoms with Crippen LogP contribution in [0, 0.1) is 24.0 Å². The predicted molar refractivity (Wildman–Crippen MR) is 119 cm³/mol. The lowest BCUT2D eigenvalue weighted by atomic mass is 10.1. The fourth-order valence-corrected chi connectivity index (χ4v) is 3.44. The van der Waals surface area contributed by atoms with E-state index in [-0.39, 0.29) is 11.3 Å². The maximum Gasteiger partial charge on any atom is 0.312 e. The van der Waals surface area contributed by atoms with Gasteiger partial charge in [-0.2, -0.15) is 0 Å². The van der Waals surface area contributed by atoms with Crippen LogP contribution in [0.2, 0.25) is 0 Å². The van der Waals surface area contributed by atoms with Gasteiger partial charge in [-0.1, -0.05) is 15.9 Å². The second-order valence-corrected chi connectivity index (χ2v) is 7.76. The molecule has 0 aliphatic carbocycles. The van der Waals surface area contributed by atoms with Gasteiger partial charge in [0.15, 0.2) is 5.58 Å². The van der Waals surface area contributed by atoms with Crippen molar-refractivity contribution >= 4 is 44.6 Å². The van der Waals surface area contributed by atoms with Gasteiger partial charge in [-0.3, -0.25) is 15.1 Å². The van der Waals surface area contributed by atoms with Gasteiger partial charge in [0.2, 0.25) is 11.6 Å². The van der Waals surface area contributed by atoms with Crippen LogP contribution in [-0.4, -0.2) is 21.2 Å². The molecule has 8 heteroatoms. The van der Waals surface area contributed by atoms with Crippen LogP contribution in [0.5, 0.6) is 5.75 Å². The van der Waals surface area contributed by atoms with E-state index in [2.05, 4.69) is 25.9 Å². The first kappa shape index (κ1) is 19.8. The standard InChI is InChI=1S/C22H16BrN3O4/c1-12-7-18-20(8-13(12)2)30-22(25-18)14-3-5-17(6-4-14)24-11-15-9-16(23)10-19(21(15)27)26(28)29/h3-11,27H,1-2H3. The van der Waals surface area contributed by atoms with Gasteiger partial charge in [-0.15, -0.1) is 0 Å². The molecule has 0 saturated carbocycles. The minimum atomic E-state index is -0.643. The van der Waals surface area contributed by atoms with Gasteiger partial charge < -0.3 is 9.52 Å². The van der Waals surface area contributed by atoms with Gasteiger partial charge in [0.25, 0.3) is 0 Å². The fraction of sp³-hybridized carbons (Fsp3) is 0.0909. The van der Waals surface area contributed by atoms with Crippen molar-refractivity contribution in [3.63, 3.8) is 0 Å². The zero-order chi connectivity index (χ0) is 21.4. The number of hydrogen-bond donors (Lipinski definition) is 1. The van der Waals surface area contributed by atoms with E-state index in [9.17, 15) is 15.2 Å². The summed E-state index contributed by atoms with van der Waals surface area (Å²) in [6, 6.07) is 14.0. The Balaban J connectivity index is 1.61. The molecular weight excluding hydrogens is 450 g/mol. The minimum Gasteiger partial charge on any atom is -0.502 e. The summed E-state index contributed by atoms with van der Waals surface area (Å²) in [6.07, 6.45) is 1.38. The Morgan fingerprint density at radius 1 is 1.13 bits per heavy atom. The summed E-state index contributed by atoms with van der Waals surface area (Å²) in [5, 5.41) is 21.1. The van der Waals surface area contributed by atoms with Crippen LogP contribution < -0.4 is 0 Å². The van der Waals surface area contributed by atoms with Crippen molar-refractivity contribution in [3.8, 4) is 17.2 Å². The molecule has 0 bridgehead atoms. The van der Waals surface area contributed by atoms with Crippen LogP contribution in [0.3, 0.4) is 0 Å². The third-order valence-electron chi connectivity index (χ3n) is 4.75. The van der Waals surface area contributed by atoms with Crippen molar-refractivity contribution in [1.29, 1.82) is 0 Å². The molecule has 3 aromatic carbocycles. The molecule has 0 radical (unpaired) electrons. The monoisotopic (exact) mass is 465 g/mol. The number of phenolic OH excluding ortho intramolecular Hbond substituents is 1. The fourth-order valence-electron chi connectivity index (χ4n) is 2.98. The summed E-state index contributed by atoms with van der Waals surface area (Å²) in [5.74, 6) is 0.0893. The zero-order valence-corrected chi connectivity index (χ0v) is 17.7.